The number of rotatable bonds is 3. The van der Waals surface area contributed by atoms with Crippen LogP contribution >= 0.6 is 11.6 Å². The second-order valence-corrected chi connectivity index (χ2v) is 3.38. The van der Waals surface area contributed by atoms with Crippen molar-refractivity contribution in [1.29, 1.82) is 0 Å². The second kappa shape index (κ2) is 5.51. The monoisotopic (exact) mass is 244 g/mol. The van der Waals surface area contributed by atoms with Crippen LogP contribution in [-0.4, -0.2) is 17.7 Å². The van der Waals surface area contributed by atoms with E-state index in [4.69, 9.17) is 11.6 Å². The van der Waals surface area contributed by atoms with Crippen molar-refractivity contribution in [2.24, 2.45) is 0 Å². The van der Waals surface area contributed by atoms with Gasteiger partial charge in [0.2, 0.25) is 0 Å². The van der Waals surface area contributed by atoms with Crippen LogP contribution in [0.5, 0.6) is 0 Å². The number of esters is 1. The summed E-state index contributed by atoms with van der Waals surface area (Å²) < 4.78 is 17.5. The lowest BCUT2D eigenvalue weighted by Gasteiger charge is -2.02. The molecule has 0 amide bonds. The third-order valence-corrected chi connectivity index (χ3v) is 1.92. The summed E-state index contributed by atoms with van der Waals surface area (Å²) in [5.74, 6) is -1.67. The van der Waals surface area contributed by atoms with Crippen molar-refractivity contribution < 1.29 is 19.0 Å². The molecule has 0 aliphatic carbocycles. The number of carbonyl (C=O) groups is 1. The molecule has 5 heteroatoms. The lowest BCUT2D eigenvalue weighted by atomic mass is 10.2. The minimum atomic E-state index is -0.694. The molecular weight excluding hydrogens is 235 g/mol. The third kappa shape index (κ3) is 3.55. The second-order valence-electron chi connectivity index (χ2n) is 2.94. The van der Waals surface area contributed by atoms with Gasteiger partial charge >= 0.3 is 5.97 Å². The Balaban J connectivity index is 2.95. The molecule has 0 saturated carbocycles. The summed E-state index contributed by atoms with van der Waals surface area (Å²) in [6, 6.07) is 3.51. The summed E-state index contributed by atoms with van der Waals surface area (Å²) >= 11 is 5.60. The lowest BCUT2D eigenvalue weighted by Crippen LogP contribution is -2.01. The number of benzene rings is 1. The van der Waals surface area contributed by atoms with Gasteiger partial charge in [0.25, 0.3) is 0 Å². The molecule has 0 bridgehead atoms. The maximum Gasteiger partial charge on any atom is 0.334 e. The fourth-order valence-corrected chi connectivity index (χ4v) is 1.30. The molecule has 86 valence electrons. The highest BCUT2D eigenvalue weighted by Gasteiger charge is 2.06. The number of aliphatic hydroxyl groups is 1. The van der Waals surface area contributed by atoms with Gasteiger partial charge in [0.05, 0.1) is 12.7 Å². The predicted octanol–water partition coefficient (Wildman–Crippen LogP) is 2.94. The van der Waals surface area contributed by atoms with Gasteiger partial charge in [-0.15, -0.1) is 0 Å². The molecule has 1 aromatic carbocycles. The van der Waals surface area contributed by atoms with E-state index in [0.717, 1.165) is 18.2 Å². The topological polar surface area (TPSA) is 46.5 Å². The summed E-state index contributed by atoms with van der Waals surface area (Å²) in [5, 5.41) is 9.64. The minimum Gasteiger partial charge on any atom is -0.507 e. The van der Waals surface area contributed by atoms with E-state index in [1.165, 1.54) is 6.07 Å². The fourth-order valence-electron chi connectivity index (χ4n) is 1.08. The molecule has 16 heavy (non-hydrogen) atoms. The van der Waals surface area contributed by atoms with E-state index in [0.29, 0.717) is 0 Å². The SMILES string of the molecule is CCOC(=O)/C=C(\O)c1cc(F)cc(Cl)c1. The summed E-state index contributed by atoms with van der Waals surface area (Å²) in [7, 11) is 0. The van der Waals surface area contributed by atoms with Crippen molar-refractivity contribution in [2.45, 2.75) is 6.92 Å². The molecule has 0 heterocycles. The largest absolute Gasteiger partial charge is 0.507 e. The molecule has 0 radical (unpaired) electrons. The smallest absolute Gasteiger partial charge is 0.334 e. The van der Waals surface area contributed by atoms with Gasteiger partial charge in [-0.2, -0.15) is 0 Å². The molecule has 0 spiro atoms. The third-order valence-electron chi connectivity index (χ3n) is 1.70. The molecule has 0 aliphatic rings. The molecule has 0 fully saturated rings. The first-order valence-electron chi connectivity index (χ1n) is 4.57. The molecule has 0 atom stereocenters. The molecule has 0 saturated heterocycles. The number of hydrogen-bond donors (Lipinski definition) is 1. The first-order chi connectivity index (χ1) is 7.52. The van der Waals surface area contributed by atoms with E-state index in [1.54, 1.807) is 6.92 Å². The van der Waals surface area contributed by atoms with Gasteiger partial charge < -0.3 is 9.84 Å². The Bertz CT molecular complexity index is 409. The summed E-state index contributed by atoms with van der Waals surface area (Å²) in [6.45, 7) is 1.84. The minimum absolute atomic E-state index is 0.123. The van der Waals surface area contributed by atoms with Gasteiger partial charge in [-0.3, -0.25) is 0 Å². The van der Waals surface area contributed by atoms with Crippen LogP contribution < -0.4 is 0 Å². The standard InChI is InChI=1S/C11H10ClFO3/c1-2-16-11(15)6-10(14)7-3-8(12)5-9(13)4-7/h3-6,14H,2H2,1H3/b10-6-. The summed E-state index contributed by atoms with van der Waals surface area (Å²) in [6.07, 6.45) is 0.870. The van der Waals surface area contributed by atoms with Crippen LogP contribution in [0.25, 0.3) is 5.76 Å². The van der Waals surface area contributed by atoms with Crippen molar-refractivity contribution in [1.82, 2.24) is 0 Å². The van der Waals surface area contributed by atoms with Gasteiger partial charge in [0.15, 0.2) is 0 Å². The van der Waals surface area contributed by atoms with Crippen LogP contribution in [0.2, 0.25) is 5.02 Å². The first-order valence-corrected chi connectivity index (χ1v) is 4.94. The number of aliphatic hydroxyl groups excluding tert-OH is 1. The number of carbonyl (C=O) groups excluding carboxylic acids is 1. The highest BCUT2D eigenvalue weighted by molar-refractivity contribution is 6.30. The molecule has 0 aliphatic heterocycles. The maximum absolute atomic E-state index is 12.9. The molecule has 3 nitrogen and oxygen atoms in total. The highest BCUT2D eigenvalue weighted by atomic mass is 35.5. The van der Waals surface area contributed by atoms with Crippen LogP contribution in [0.3, 0.4) is 0 Å². The van der Waals surface area contributed by atoms with Gasteiger partial charge in [0.1, 0.15) is 11.6 Å². The summed E-state index contributed by atoms with van der Waals surface area (Å²) in [4.78, 5) is 11.0. The molecule has 1 aromatic rings. The van der Waals surface area contributed by atoms with Crippen LogP contribution in [0.15, 0.2) is 24.3 Å². The zero-order chi connectivity index (χ0) is 12.1. The molecule has 1 rings (SSSR count). The number of hydrogen-bond acceptors (Lipinski definition) is 3. The van der Waals surface area contributed by atoms with E-state index in [-0.39, 0.29) is 23.0 Å². The average Bonchev–Trinajstić information content (AvgIpc) is 2.16. The van der Waals surface area contributed by atoms with Crippen LogP contribution in [0, 0.1) is 5.82 Å². The van der Waals surface area contributed by atoms with E-state index in [2.05, 4.69) is 4.74 Å². The lowest BCUT2D eigenvalue weighted by molar-refractivity contribution is -0.137. The van der Waals surface area contributed by atoms with E-state index < -0.39 is 11.8 Å². The van der Waals surface area contributed by atoms with Gasteiger partial charge in [-0.25, -0.2) is 9.18 Å². The normalized spacial score (nSPS) is 11.3. The van der Waals surface area contributed by atoms with Crippen molar-refractivity contribution in [3.05, 3.63) is 40.7 Å². The quantitative estimate of drug-likeness (QED) is 0.505. The van der Waals surface area contributed by atoms with Crippen molar-refractivity contribution >= 4 is 23.3 Å². The number of halogens is 2. The van der Waals surface area contributed by atoms with E-state index in [9.17, 15) is 14.3 Å². The molecule has 0 aromatic heterocycles. The van der Waals surface area contributed by atoms with Crippen LogP contribution in [0.4, 0.5) is 4.39 Å². The van der Waals surface area contributed by atoms with Gasteiger partial charge in [-0.1, -0.05) is 11.6 Å². The molecule has 0 unspecified atom stereocenters. The Labute approximate surface area is 97.1 Å². The van der Waals surface area contributed by atoms with E-state index >= 15 is 0 Å². The summed E-state index contributed by atoms with van der Waals surface area (Å²) in [5.41, 5.74) is 0.123. The highest BCUT2D eigenvalue weighted by Crippen LogP contribution is 2.19. The zero-order valence-electron chi connectivity index (χ0n) is 8.54. The zero-order valence-corrected chi connectivity index (χ0v) is 9.29. The fraction of sp³-hybridized carbons (Fsp3) is 0.182. The van der Waals surface area contributed by atoms with Crippen molar-refractivity contribution in [3.63, 3.8) is 0 Å². The van der Waals surface area contributed by atoms with Crippen molar-refractivity contribution in [3.8, 4) is 0 Å². The van der Waals surface area contributed by atoms with E-state index in [1.807, 2.05) is 0 Å². The Morgan fingerprint density at radius 3 is 2.81 bits per heavy atom. The predicted molar refractivity (Wildman–Crippen MR) is 58.6 cm³/mol. The van der Waals surface area contributed by atoms with Crippen LogP contribution in [-0.2, 0) is 9.53 Å². The number of ether oxygens (including phenoxy) is 1. The Hall–Kier alpha value is -1.55. The molecule has 1 N–H and O–H groups in total. The first kappa shape index (κ1) is 12.5. The van der Waals surface area contributed by atoms with Gasteiger partial charge in [0, 0.05) is 10.6 Å². The average molecular weight is 245 g/mol. The van der Waals surface area contributed by atoms with Gasteiger partial charge in [-0.05, 0) is 25.1 Å². The Kier molecular flexibility index (Phi) is 4.31. The maximum atomic E-state index is 12.9. The Morgan fingerprint density at radius 1 is 1.56 bits per heavy atom. The van der Waals surface area contributed by atoms with Crippen molar-refractivity contribution in [2.75, 3.05) is 6.61 Å². The van der Waals surface area contributed by atoms with Crippen LogP contribution in [0.1, 0.15) is 12.5 Å². The molecular formula is C11H10ClFO3. The Morgan fingerprint density at radius 2 is 2.25 bits per heavy atom.